The Morgan fingerprint density at radius 3 is 2.53 bits per heavy atom. The molecule has 2 rings (SSSR count). The topological polar surface area (TPSA) is 38.7 Å². The number of hydrogen-bond donors (Lipinski definition) is 1. The second kappa shape index (κ2) is 6.02. The van der Waals surface area contributed by atoms with Gasteiger partial charge in [0.25, 0.3) is 0 Å². The van der Waals surface area contributed by atoms with E-state index < -0.39 is 6.10 Å². The van der Waals surface area contributed by atoms with Crippen LogP contribution in [0, 0.1) is 0 Å². The first-order valence-electron chi connectivity index (χ1n) is 6.90. The van der Waals surface area contributed by atoms with Gasteiger partial charge in [0.05, 0.1) is 19.3 Å². The van der Waals surface area contributed by atoms with Crippen molar-refractivity contribution < 1.29 is 14.6 Å². The fourth-order valence-corrected chi connectivity index (χ4v) is 3.11. The predicted molar refractivity (Wildman–Crippen MR) is 76.4 cm³/mol. The third kappa shape index (κ3) is 2.67. The van der Waals surface area contributed by atoms with Crippen LogP contribution in [0.3, 0.4) is 0 Å². The molecule has 1 aliphatic rings. The van der Waals surface area contributed by atoms with E-state index in [0.717, 1.165) is 24.0 Å². The van der Waals surface area contributed by atoms with Gasteiger partial charge in [-0.3, -0.25) is 0 Å². The molecule has 0 bridgehead atoms. The first kappa shape index (κ1) is 14.5. The summed E-state index contributed by atoms with van der Waals surface area (Å²) >= 11 is 6.37. The minimum atomic E-state index is -0.523. The normalized spacial score (nSPS) is 21.9. The minimum Gasteiger partial charge on any atom is -0.490 e. The van der Waals surface area contributed by atoms with E-state index in [9.17, 15) is 5.11 Å². The van der Waals surface area contributed by atoms with E-state index in [4.69, 9.17) is 21.1 Å². The molecular weight excluding hydrogens is 264 g/mol. The summed E-state index contributed by atoms with van der Waals surface area (Å²) in [6.07, 6.45) is 1.15. The van der Waals surface area contributed by atoms with Crippen molar-refractivity contribution in [2.75, 3.05) is 13.2 Å². The Morgan fingerprint density at radius 2 is 1.89 bits per heavy atom. The molecule has 19 heavy (non-hydrogen) atoms. The van der Waals surface area contributed by atoms with Crippen LogP contribution in [0.15, 0.2) is 6.07 Å². The fourth-order valence-electron chi connectivity index (χ4n) is 2.73. The van der Waals surface area contributed by atoms with E-state index in [1.54, 1.807) is 0 Å². The molecule has 2 atom stereocenters. The van der Waals surface area contributed by atoms with Gasteiger partial charge in [0.2, 0.25) is 0 Å². The molecule has 3 nitrogen and oxygen atoms in total. The molecule has 1 N–H and O–H groups in total. The highest BCUT2D eigenvalue weighted by Gasteiger charge is 2.31. The zero-order valence-corrected chi connectivity index (χ0v) is 12.5. The number of aliphatic hydroxyl groups is 1. The first-order valence-corrected chi connectivity index (χ1v) is 7.27. The molecule has 0 radical (unpaired) electrons. The zero-order chi connectivity index (χ0) is 14.0. The van der Waals surface area contributed by atoms with E-state index >= 15 is 0 Å². The minimum absolute atomic E-state index is 0.334. The van der Waals surface area contributed by atoms with Crippen LogP contribution >= 0.6 is 11.6 Å². The van der Waals surface area contributed by atoms with Gasteiger partial charge >= 0.3 is 0 Å². The summed E-state index contributed by atoms with van der Waals surface area (Å²) < 4.78 is 11.3. The van der Waals surface area contributed by atoms with Gasteiger partial charge in [0, 0.05) is 16.7 Å². The van der Waals surface area contributed by atoms with Crippen LogP contribution in [0.2, 0.25) is 5.02 Å². The Labute approximate surface area is 119 Å². The van der Waals surface area contributed by atoms with Gasteiger partial charge in [0.15, 0.2) is 11.5 Å². The maximum absolute atomic E-state index is 10.3. The SMILES string of the molecule is CCOc1cc(Cl)c2c(c1OCC)C(O)CCC2C. The van der Waals surface area contributed by atoms with Crippen molar-refractivity contribution in [1.82, 2.24) is 0 Å². The van der Waals surface area contributed by atoms with Crippen LogP contribution < -0.4 is 9.47 Å². The standard InChI is InChI=1S/C15H21ClO3/c1-4-18-12-8-10(16)13-9(3)6-7-11(17)14(13)15(12)19-5-2/h8-9,11,17H,4-7H2,1-3H3. The van der Waals surface area contributed by atoms with Crippen molar-refractivity contribution in [3.8, 4) is 11.5 Å². The Bertz CT molecular complexity index is 459. The quantitative estimate of drug-likeness (QED) is 0.906. The summed E-state index contributed by atoms with van der Waals surface area (Å²) in [6.45, 7) is 7.06. The lowest BCUT2D eigenvalue weighted by molar-refractivity contribution is 0.144. The lowest BCUT2D eigenvalue weighted by Crippen LogP contribution is -2.16. The molecule has 1 aliphatic carbocycles. The number of rotatable bonds is 4. The summed E-state index contributed by atoms with van der Waals surface area (Å²) in [5.41, 5.74) is 1.82. The van der Waals surface area contributed by atoms with Crippen LogP contribution in [-0.2, 0) is 0 Å². The van der Waals surface area contributed by atoms with Gasteiger partial charge in [-0.05, 0) is 38.2 Å². The van der Waals surface area contributed by atoms with E-state index in [2.05, 4.69) is 6.92 Å². The highest BCUT2D eigenvalue weighted by molar-refractivity contribution is 6.31. The van der Waals surface area contributed by atoms with Crippen LogP contribution in [0.5, 0.6) is 11.5 Å². The Hall–Kier alpha value is -0.930. The number of fused-ring (bicyclic) bond motifs is 1. The maximum atomic E-state index is 10.3. The molecule has 1 aromatic carbocycles. The highest BCUT2D eigenvalue weighted by atomic mass is 35.5. The third-order valence-corrected chi connectivity index (χ3v) is 3.87. The summed E-state index contributed by atoms with van der Waals surface area (Å²) in [4.78, 5) is 0. The van der Waals surface area contributed by atoms with Gasteiger partial charge in [-0.25, -0.2) is 0 Å². The van der Waals surface area contributed by atoms with Crippen molar-refractivity contribution in [3.05, 3.63) is 22.2 Å². The Kier molecular flexibility index (Phi) is 4.58. The monoisotopic (exact) mass is 284 g/mol. The second-order valence-corrected chi connectivity index (χ2v) is 5.28. The van der Waals surface area contributed by atoms with E-state index in [-0.39, 0.29) is 0 Å². The van der Waals surface area contributed by atoms with Crippen molar-refractivity contribution >= 4 is 11.6 Å². The van der Waals surface area contributed by atoms with E-state index in [0.29, 0.717) is 35.7 Å². The number of aliphatic hydroxyl groups excluding tert-OH is 1. The molecule has 0 amide bonds. The summed E-state index contributed by atoms with van der Waals surface area (Å²) in [5.74, 6) is 1.62. The fraction of sp³-hybridized carbons (Fsp3) is 0.600. The van der Waals surface area contributed by atoms with Gasteiger partial charge in [0.1, 0.15) is 0 Å². The molecule has 106 valence electrons. The third-order valence-electron chi connectivity index (χ3n) is 3.56. The summed E-state index contributed by atoms with van der Waals surface area (Å²) in [7, 11) is 0. The average Bonchev–Trinajstić information content (AvgIpc) is 2.37. The van der Waals surface area contributed by atoms with Crippen LogP contribution in [0.4, 0.5) is 0 Å². The molecule has 0 aliphatic heterocycles. The van der Waals surface area contributed by atoms with Crippen molar-refractivity contribution in [3.63, 3.8) is 0 Å². The molecule has 0 aromatic heterocycles. The Balaban J connectivity index is 2.62. The van der Waals surface area contributed by atoms with Crippen LogP contribution in [0.25, 0.3) is 0 Å². The van der Waals surface area contributed by atoms with Crippen molar-refractivity contribution in [1.29, 1.82) is 0 Å². The van der Waals surface area contributed by atoms with Gasteiger partial charge in [-0.2, -0.15) is 0 Å². The second-order valence-electron chi connectivity index (χ2n) is 4.87. The lowest BCUT2D eigenvalue weighted by atomic mass is 9.81. The Morgan fingerprint density at radius 1 is 1.21 bits per heavy atom. The molecule has 0 fully saturated rings. The highest BCUT2D eigenvalue weighted by Crippen LogP contribution is 2.49. The van der Waals surface area contributed by atoms with Gasteiger partial charge < -0.3 is 14.6 Å². The van der Waals surface area contributed by atoms with Crippen molar-refractivity contribution in [2.24, 2.45) is 0 Å². The maximum Gasteiger partial charge on any atom is 0.167 e. The summed E-state index contributed by atoms with van der Waals surface area (Å²) in [5, 5.41) is 11.0. The number of hydrogen-bond acceptors (Lipinski definition) is 3. The zero-order valence-electron chi connectivity index (χ0n) is 11.7. The summed E-state index contributed by atoms with van der Waals surface area (Å²) in [6, 6.07) is 1.81. The lowest BCUT2D eigenvalue weighted by Gasteiger charge is -2.30. The predicted octanol–water partition coefficient (Wildman–Crippen LogP) is 4.07. The number of benzene rings is 1. The molecule has 0 saturated heterocycles. The van der Waals surface area contributed by atoms with Gasteiger partial charge in [-0.15, -0.1) is 0 Å². The van der Waals surface area contributed by atoms with Crippen molar-refractivity contribution in [2.45, 2.75) is 45.6 Å². The number of halogens is 1. The molecule has 0 heterocycles. The van der Waals surface area contributed by atoms with E-state index in [1.165, 1.54) is 0 Å². The molecule has 2 unspecified atom stereocenters. The van der Waals surface area contributed by atoms with Gasteiger partial charge in [-0.1, -0.05) is 18.5 Å². The van der Waals surface area contributed by atoms with Crippen LogP contribution in [0.1, 0.15) is 56.8 Å². The largest absolute Gasteiger partial charge is 0.490 e. The smallest absolute Gasteiger partial charge is 0.167 e. The molecule has 0 spiro atoms. The first-order chi connectivity index (χ1) is 9.10. The van der Waals surface area contributed by atoms with Crippen LogP contribution in [-0.4, -0.2) is 18.3 Å². The average molecular weight is 285 g/mol. The molecule has 1 aromatic rings. The molecular formula is C15H21ClO3. The number of ether oxygens (including phenoxy) is 2. The molecule has 4 heteroatoms. The molecule has 0 saturated carbocycles. The van der Waals surface area contributed by atoms with E-state index in [1.807, 2.05) is 19.9 Å².